The van der Waals surface area contributed by atoms with E-state index in [-0.39, 0.29) is 11.8 Å². The number of carbonyl (C=O) groups excluding carboxylic acids is 1. The molecule has 1 aliphatic heterocycles. The van der Waals surface area contributed by atoms with Crippen molar-refractivity contribution >= 4 is 29.2 Å². The maximum absolute atomic E-state index is 11.8. The Morgan fingerprint density at radius 3 is 2.68 bits per heavy atom. The summed E-state index contributed by atoms with van der Waals surface area (Å²) in [6, 6.07) is 5.47. The van der Waals surface area contributed by atoms with Crippen LogP contribution in [0.25, 0.3) is 0 Å². The Kier molecular flexibility index (Phi) is 4.43. The number of benzene rings is 1. The highest BCUT2D eigenvalue weighted by Gasteiger charge is 2.23. The number of nitrogens with zero attached hydrogens (tertiary/aromatic N) is 4. The Balaban J connectivity index is 1.90. The van der Waals surface area contributed by atoms with E-state index >= 15 is 0 Å². The van der Waals surface area contributed by atoms with Crippen LogP contribution in [0.2, 0.25) is 0 Å². The van der Waals surface area contributed by atoms with Gasteiger partial charge in [0, 0.05) is 25.7 Å². The minimum Gasteiger partial charge on any atom is -0.479 e. The molecule has 1 amide bonds. The molecule has 132 valence electrons. The maximum Gasteiger partial charge on any atom is 0.265 e. The summed E-state index contributed by atoms with van der Waals surface area (Å²) in [6.07, 6.45) is -0.494. The SMILES string of the molecule is CC1Oc2ccc(Nc3nc(C(C)C)nc(N(C)C)n3)cc2NC1=O. The largest absolute Gasteiger partial charge is 0.479 e. The van der Waals surface area contributed by atoms with Gasteiger partial charge in [-0.15, -0.1) is 0 Å². The molecule has 0 bridgehead atoms. The van der Waals surface area contributed by atoms with Crippen molar-refractivity contribution in [3.8, 4) is 5.75 Å². The van der Waals surface area contributed by atoms with E-state index in [0.717, 1.165) is 5.69 Å². The molecule has 1 aromatic carbocycles. The van der Waals surface area contributed by atoms with Crippen LogP contribution < -0.4 is 20.3 Å². The van der Waals surface area contributed by atoms with E-state index in [9.17, 15) is 4.79 Å². The zero-order chi connectivity index (χ0) is 18.1. The molecular formula is C17H22N6O2. The average Bonchev–Trinajstić information content (AvgIpc) is 2.55. The van der Waals surface area contributed by atoms with E-state index < -0.39 is 6.10 Å². The number of hydrogen-bond acceptors (Lipinski definition) is 7. The smallest absolute Gasteiger partial charge is 0.265 e. The molecule has 3 rings (SSSR count). The van der Waals surface area contributed by atoms with Crippen molar-refractivity contribution in [2.24, 2.45) is 0 Å². The molecule has 1 aromatic heterocycles. The van der Waals surface area contributed by atoms with Crippen molar-refractivity contribution in [3.05, 3.63) is 24.0 Å². The van der Waals surface area contributed by atoms with Crippen molar-refractivity contribution in [2.75, 3.05) is 29.6 Å². The highest BCUT2D eigenvalue weighted by molar-refractivity contribution is 5.98. The zero-order valence-electron chi connectivity index (χ0n) is 15.0. The first kappa shape index (κ1) is 16.9. The molecule has 1 unspecified atom stereocenters. The predicted octanol–water partition coefficient (Wildman–Crippen LogP) is 2.52. The van der Waals surface area contributed by atoms with E-state index in [1.165, 1.54) is 0 Å². The zero-order valence-corrected chi connectivity index (χ0v) is 15.0. The summed E-state index contributed by atoms with van der Waals surface area (Å²) >= 11 is 0. The Bertz CT molecular complexity index is 779. The van der Waals surface area contributed by atoms with Gasteiger partial charge in [-0.1, -0.05) is 13.8 Å². The quantitative estimate of drug-likeness (QED) is 0.882. The molecule has 25 heavy (non-hydrogen) atoms. The molecule has 2 aromatic rings. The Morgan fingerprint density at radius 1 is 1.24 bits per heavy atom. The van der Waals surface area contributed by atoms with E-state index in [4.69, 9.17) is 4.74 Å². The number of hydrogen-bond donors (Lipinski definition) is 2. The minimum absolute atomic E-state index is 0.165. The monoisotopic (exact) mass is 342 g/mol. The number of anilines is 4. The van der Waals surface area contributed by atoms with Crippen molar-refractivity contribution in [1.29, 1.82) is 0 Å². The van der Waals surface area contributed by atoms with E-state index in [2.05, 4.69) is 25.6 Å². The number of ether oxygens (including phenoxy) is 1. The highest BCUT2D eigenvalue weighted by atomic mass is 16.5. The number of carbonyl (C=O) groups is 1. The van der Waals surface area contributed by atoms with Gasteiger partial charge in [0.2, 0.25) is 11.9 Å². The predicted molar refractivity (Wildman–Crippen MR) is 96.7 cm³/mol. The van der Waals surface area contributed by atoms with Gasteiger partial charge in [-0.05, 0) is 25.1 Å². The summed E-state index contributed by atoms with van der Waals surface area (Å²) in [5, 5.41) is 6.00. The van der Waals surface area contributed by atoms with Gasteiger partial charge in [-0.2, -0.15) is 15.0 Å². The van der Waals surface area contributed by atoms with Crippen molar-refractivity contribution in [2.45, 2.75) is 32.8 Å². The summed E-state index contributed by atoms with van der Waals surface area (Å²) in [5.74, 6) is 2.42. The third kappa shape index (κ3) is 3.62. The first-order valence-corrected chi connectivity index (χ1v) is 8.15. The Hall–Kier alpha value is -2.90. The molecule has 0 radical (unpaired) electrons. The molecule has 0 saturated heterocycles. The van der Waals surface area contributed by atoms with Crippen LogP contribution in [0.3, 0.4) is 0 Å². The van der Waals surface area contributed by atoms with E-state index in [1.54, 1.807) is 13.0 Å². The fraction of sp³-hybridized carbons (Fsp3) is 0.412. The van der Waals surface area contributed by atoms with Crippen LogP contribution in [0.1, 0.15) is 32.5 Å². The average molecular weight is 342 g/mol. The second kappa shape index (κ2) is 6.54. The number of amides is 1. The third-order valence-electron chi connectivity index (χ3n) is 3.72. The topological polar surface area (TPSA) is 92.3 Å². The molecule has 1 aliphatic rings. The highest BCUT2D eigenvalue weighted by Crippen LogP contribution is 2.33. The second-order valence-corrected chi connectivity index (χ2v) is 6.45. The van der Waals surface area contributed by atoms with Gasteiger partial charge in [-0.25, -0.2) is 0 Å². The molecule has 8 nitrogen and oxygen atoms in total. The standard InChI is InChI=1S/C17H22N6O2/c1-9(2)14-20-16(22-17(21-14)23(4)5)18-11-6-7-13-12(8-11)19-15(24)10(3)25-13/h6-10H,1-5H3,(H,19,24)(H,18,20,21,22). The lowest BCUT2D eigenvalue weighted by atomic mass is 10.2. The van der Waals surface area contributed by atoms with Crippen LogP contribution in [-0.4, -0.2) is 41.1 Å². The Morgan fingerprint density at radius 2 is 2.00 bits per heavy atom. The van der Waals surface area contributed by atoms with Gasteiger partial charge in [0.15, 0.2) is 6.10 Å². The van der Waals surface area contributed by atoms with Crippen LogP contribution >= 0.6 is 0 Å². The number of nitrogens with one attached hydrogen (secondary N) is 2. The molecular weight excluding hydrogens is 320 g/mol. The van der Waals surface area contributed by atoms with Crippen molar-refractivity contribution < 1.29 is 9.53 Å². The van der Waals surface area contributed by atoms with Crippen molar-refractivity contribution in [1.82, 2.24) is 15.0 Å². The molecule has 8 heteroatoms. The van der Waals surface area contributed by atoms with Crippen molar-refractivity contribution in [3.63, 3.8) is 0 Å². The lowest BCUT2D eigenvalue weighted by molar-refractivity contribution is -0.122. The molecule has 0 aliphatic carbocycles. The lowest BCUT2D eigenvalue weighted by Gasteiger charge is -2.23. The molecule has 1 atom stereocenters. The number of rotatable bonds is 4. The summed E-state index contributed by atoms with van der Waals surface area (Å²) in [4.78, 5) is 26.9. The van der Waals surface area contributed by atoms with E-state index in [1.807, 2.05) is 45.0 Å². The van der Waals surface area contributed by atoms with Crippen LogP contribution in [0.15, 0.2) is 18.2 Å². The van der Waals surface area contributed by atoms with Gasteiger partial charge >= 0.3 is 0 Å². The van der Waals surface area contributed by atoms with E-state index in [0.29, 0.717) is 29.2 Å². The molecule has 0 saturated carbocycles. The van der Waals surface area contributed by atoms with Gasteiger partial charge in [0.25, 0.3) is 5.91 Å². The fourth-order valence-corrected chi connectivity index (χ4v) is 2.31. The summed E-state index contributed by atoms with van der Waals surface area (Å²) in [6.45, 7) is 5.78. The number of aromatic nitrogens is 3. The third-order valence-corrected chi connectivity index (χ3v) is 3.72. The van der Waals surface area contributed by atoms with Crippen LogP contribution in [0.4, 0.5) is 23.3 Å². The summed E-state index contributed by atoms with van der Waals surface area (Å²) < 4.78 is 5.56. The summed E-state index contributed by atoms with van der Waals surface area (Å²) in [7, 11) is 3.77. The van der Waals surface area contributed by atoms with Gasteiger partial charge in [-0.3, -0.25) is 4.79 Å². The van der Waals surface area contributed by atoms with Gasteiger partial charge in [0.1, 0.15) is 11.6 Å². The van der Waals surface area contributed by atoms with Gasteiger partial charge in [0.05, 0.1) is 5.69 Å². The lowest BCUT2D eigenvalue weighted by Crippen LogP contribution is -2.34. The normalized spacial score (nSPS) is 16.1. The Labute approximate surface area is 146 Å². The summed E-state index contributed by atoms with van der Waals surface area (Å²) in [5.41, 5.74) is 1.38. The van der Waals surface area contributed by atoms with Crippen LogP contribution in [-0.2, 0) is 4.79 Å². The van der Waals surface area contributed by atoms with Crippen LogP contribution in [0, 0.1) is 0 Å². The first-order chi connectivity index (χ1) is 11.8. The molecule has 2 heterocycles. The number of fused-ring (bicyclic) bond motifs is 1. The first-order valence-electron chi connectivity index (χ1n) is 8.15. The fourth-order valence-electron chi connectivity index (χ4n) is 2.31. The van der Waals surface area contributed by atoms with Crippen LogP contribution in [0.5, 0.6) is 5.75 Å². The second-order valence-electron chi connectivity index (χ2n) is 6.45. The molecule has 0 spiro atoms. The van der Waals surface area contributed by atoms with Gasteiger partial charge < -0.3 is 20.3 Å². The molecule has 0 fully saturated rings. The minimum atomic E-state index is -0.494. The maximum atomic E-state index is 11.8. The molecule has 2 N–H and O–H groups in total.